The van der Waals surface area contributed by atoms with Crippen molar-refractivity contribution in [3.63, 3.8) is 0 Å². The van der Waals surface area contributed by atoms with Crippen molar-refractivity contribution >= 4 is 12.0 Å². The number of H-pyrrole nitrogens is 1. The lowest BCUT2D eigenvalue weighted by Crippen LogP contribution is -2.54. The van der Waals surface area contributed by atoms with Crippen LogP contribution in [-0.4, -0.2) is 44.6 Å². The second-order valence-corrected chi connectivity index (χ2v) is 4.81. The van der Waals surface area contributed by atoms with E-state index in [-0.39, 0.29) is 6.04 Å². The number of aromatic amines is 1. The molecule has 19 heavy (non-hydrogen) atoms. The van der Waals surface area contributed by atoms with Crippen LogP contribution >= 0.6 is 0 Å². The molecule has 1 unspecified atom stereocenters. The van der Waals surface area contributed by atoms with Gasteiger partial charge < -0.3 is 20.3 Å². The van der Waals surface area contributed by atoms with Gasteiger partial charge in [0.05, 0.1) is 6.04 Å². The maximum Gasteiger partial charge on any atom is 0.329 e. The van der Waals surface area contributed by atoms with Crippen LogP contribution in [-0.2, 0) is 4.79 Å². The highest BCUT2D eigenvalue weighted by Crippen LogP contribution is 2.16. The number of hydrogen-bond acceptors (Lipinski definition) is 3. The molecule has 1 aromatic heterocycles. The lowest BCUT2D eigenvalue weighted by Gasteiger charge is -2.32. The molecule has 1 heterocycles. The van der Waals surface area contributed by atoms with Crippen LogP contribution in [0.25, 0.3) is 0 Å². The van der Waals surface area contributed by atoms with Crippen molar-refractivity contribution in [2.75, 3.05) is 7.05 Å². The molecule has 0 aliphatic carbocycles. The molecule has 1 atom stereocenters. The smallest absolute Gasteiger partial charge is 0.329 e. The monoisotopic (exact) mass is 268 g/mol. The SMILES string of the molecule is CCC(NC(=O)N(C)C(C)(C)C(=O)O)c1ncc[nH]1. The molecule has 7 nitrogen and oxygen atoms in total. The Morgan fingerprint density at radius 2 is 2.21 bits per heavy atom. The van der Waals surface area contributed by atoms with Crippen molar-refractivity contribution in [2.45, 2.75) is 38.8 Å². The molecule has 0 aromatic carbocycles. The van der Waals surface area contributed by atoms with Gasteiger partial charge in [-0.2, -0.15) is 0 Å². The van der Waals surface area contributed by atoms with E-state index in [0.717, 1.165) is 0 Å². The minimum atomic E-state index is -1.27. The molecule has 1 rings (SSSR count). The summed E-state index contributed by atoms with van der Waals surface area (Å²) in [6.07, 6.45) is 3.94. The molecule has 0 fully saturated rings. The first-order chi connectivity index (χ1) is 8.80. The van der Waals surface area contributed by atoms with E-state index >= 15 is 0 Å². The highest BCUT2D eigenvalue weighted by Gasteiger charge is 2.35. The third kappa shape index (κ3) is 3.24. The van der Waals surface area contributed by atoms with Crippen LogP contribution in [0.4, 0.5) is 4.79 Å². The number of urea groups is 1. The number of carboxylic acid groups (broad SMARTS) is 1. The van der Waals surface area contributed by atoms with Gasteiger partial charge >= 0.3 is 12.0 Å². The average Bonchev–Trinajstić information content (AvgIpc) is 2.87. The minimum Gasteiger partial charge on any atom is -0.480 e. The number of carbonyl (C=O) groups is 2. The van der Waals surface area contributed by atoms with Crippen LogP contribution in [0, 0.1) is 0 Å². The van der Waals surface area contributed by atoms with E-state index in [1.165, 1.54) is 25.8 Å². The van der Waals surface area contributed by atoms with Crippen LogP contribution in [0.15, 0.2) is 12.4 Å². The Balaban J connectivity index is 2.76. The van der Waals surface area contributed by atoms with Gasteiger partial charge in [-0.25, -0.2) is 14.6 Å². The molecule has 0 aliphatic heterocycles. The van der Waals surface area contributed by atoms with Gasteiger partial charge in [-0.1, -0.05) is 6.92 Å². The molecule has 0 aliphatic rings. The van der Waals surface area contributed by atoms with Gasteiger partial charge in [-0.05, 0) is 20.3 Å². The summed E-state index contributed by atoms with van der Waals surface area (Å²) in [4.78, 5) is 31.4. The summed E-state index contributed by atoms with van der Waals surface area (Å²) in [6.45, 7) is 4.86. The molecular weight excluding hydrogens is 248 g/mol. The average molecular weight is 268 g/mol. The Bertz CT molecular complexity index is 442. The Morgan fingerprint density at radius 1 is 1.58 bits per heavy atom. The predicted octanol–water partition coefficient (Wildman–Crippen LogP) is 1.37. The first-order valence-electron chi connectivity index (χ1n) is 6.07. The number of carbonyl (C=O) groups excluding carboxylic acids is 1. The second kappa shape index (κ2) is 5.73. The zero-order valence-electron chi connectivity index (χ0n) is 11.6. The van der Waals surface area contributed by atoms with E-state index in [0.29, 0.717) is 12.2 Å². The molecule has 0 bridgehead atoms. The quantitative estimate of drug-likeness (QED) is 0.751. The maximum atomic E-state index is 12.1. The van der Waals surface area contributed by atoms with E-state index < -0.39 is 17.5 Å². The number of amides is 2. The fourth-order valence-corrected chi connectivity index (χ4v) is 1.48. The summed E-state index contributed by atoms with van der Waals surface area (Å²) < 4.78 is 0. The standard InChI is InChI=1S/C12H20N4O3/c1-5-8(9-13-6-7-14-9)15-11(19)16(4)12(2,3)10(17)18/h6-8H,5H2,1-4H3,(H,13,14)(H,15,19)(H,17,18). The van der Waals surface area contributed by atoms with Crippen molar-refractivity contribution in [3.8, 4) is 0 Å². The Morgan fingerprint density at radius 3 is 2.63 bits per heavy atom. The van der Waals surface area contributed by atoms with Crippen molar-refractivity contribution in [1.82, 2.24) is 20.2 Å². The Labute approximate surface area is 112 Å². The largest absolute Gasteiger partial charge is 0.480 e. The van der Waals surface area contributed by atoms with Gasteiger partial charge in [0.1, 0.15) is 11.4 Å². The molecule has 106 valence electrons. The van der Waals surface area contributed by atoms with Gasteiger partial charge in [0.2, 0.25) is 0 Å². The van der Waals surface area contributed by atoms with Crippen LogP contribution in [0.1, 0.15) is 39.1 Å². The number of imidazole rings is 1. The molecule has 3 N–H and O–H groups in total. The summed E-state index contributed by atoms with van der Waals surface area (Å²) in [5, 5.41) is 11.9. The number of likely N-dealkylation sites (N-methyl/N-ethyl adjacent to an activating group) is 1. The first kappa shape index (κ1) is 15.0. The van der Waals surface area contributed by atoms with Gasteiger partial charge in [0, 0.05) is 19.4 Å². The summed E-state index contributed by atoms with van der Waals surface area (Å²) in [5.41, 5.74) is -1.27. The number of carboxylic acids is 1. The second-order valence-electron chi connectivity index (χ2n) is 4.81. The van der Waals surface area contributed by atoms with Crippen LogP contribution in [0.3, 0.4) is 0 Å². The van der Waals surface area contributed by atoms with Crippen molar-refractivity contribution < 1.29 is 14.7 Å². The van der Waals surface area contributed by atoms with Crippen molar-refractivity contribution in [3.05, 3.63) is 18.2 Å². The summed E-state index contributed by atoms with van der Waals surface area (Å²) in [6, 6.07) is -0.717. The van der Waals surface area contributed by atoms with E-state index in [9.17, 15) is 9.59 Å². The number of aromatic nitrogens is 2. The van der Waals surface area contributed by atoms with E-state index in [1.54, 1.807) is 12.4 Å². The molecule has 0 spiro atoms. The number of hydrogen-bond donors (Lipinski definition) is 3. The third-order valence-electron chi connectivity index (χ3n) is 3.22. The number of aliphatic carboxylic acids is 1. The van der Waals surface area contributed by atoms with E-state index in [2.05, 4.69) is 15.3 Å². The Hall–Kier alpha value is -2.05. The molecule has 0 radical (unpaired) electrons. The van der Waals surface area contributed by atoms with Crippen molar-refractivity contribution in [2.24, 2.45) is 0 Å². The number of rotatable bonds is 5. The fourth-order valence-electron chi connectivity index (χ4n) is 1.48. The summed E-state index contributed by atoms with van der Waals surface area (Å²) in [7, 11) is 1.46. The van der Waals surface area contributed by atoms with Gasteiger partial charge in [-0.3, -0.25) is 0 Å². The zero-order chi connectivity index (χ0) is 14.6. The van der Waals surface area contributed by atoms with Crippen LogP contribution < -0.4 is 5.32 Å². The van der Waals surface area contributed by atoms with Crippen LogP contribution in [0.5, 0.6) is 0 Å². The van der Waals surface area contributed by atoms with Gasteiger partial charge in [-0.15, -0.1) is 0 Å². The highest BCUT2D eigenvalue weighted by atomic mass is 16.4. The van der Waals surface area contributed by atoms with Crippen LogP contribution in [0.2, 0.25) is 0 Å². The molecular formula is C12H20N4O3. The fraction of sp³-hybridized carbons (Fsp3) is 0.583. The normalized spacial score (nSPS) is 12.8. The highest BCUT2D eigenvalue weighted by molar-refractivity contribution is 5.85. The predicted molar refractivity (Wildman–Crippen MR) is 69.6 cm³/mol. The van der Waals surface area contributed by atoms with Gasteiger partial charge in [0.15, 0.2) is 0 Å². The van der Waals surface area contributed by atoms with Gasteiger partial charge in [0.25, 0.3) is 0 Å². The summed E-state index contributed by atoms with van der Waals surface area (Å²) in [5.74, 6) is -0.409. The minimum absolute atomic E-state index is 0.269. The number of nitrogens with zero attached hydrogens (tertiary/aromatic N) is 2. The number of nitrogens with one attached hydrogen (secondary N) is 2. The molecule has 1 aromatic rings. The molecule has 7 heteroatoms. The maximum absolute atomic E-state index is 12.1. The molecule has 0 saturated heterocycles. The lowest BCUT2D eigenvalue weighted by atomic mass is 10.0. The van der Waals surface area contributed by atoms with E-state index in [4.69, 9.17) is 5.11 Å². The third-order valence-corrected chi connectivity index (χ3v) is 3.22. The summed E-state index contributed by atoms with van der Waals surface area (Å²) >= 11 is 0. The first-order valence-corrected chi connectivity index (χ1v) is 6.07. The molecule has 0 saturated carbocycles. The zero-order valence-corrected chi connectivity index (χ0v) is 11.6. The molecule has 2 amide bonds. The topological polar surface area (TPSA) is 98.3 Å². The van der Waals surface area contributed by atoms with Crippen molar-refractivity contribution in [1.29, 1.82) is 0 Å². The lowest BCUT2D eigenvalue weighted by molar-refractivity contribution is -0.146. The van der Waals surface area contributed by atoms with E-state index in [1.807, 2.05) is 6.92 Å². The Kier molecular flexibility index (Phi) is 4.52.